The molecule has 1 unspecified atom stereocenters. The molecular weight excluding hydrogens is 340 g/mol. The molecule has 2 aromatic heterocycles. The summed E-state index contributed by atoms with van der Waals surface area (Å²) in [6.07, 6.45) is -0.781. The van der Waals surface area contributed by atoms with E-state index < -0.39 is 12.1 Å². The van der Waals surface area contributed by atoms with E-state index in [1.807, 2.05) is 23.6 Å². The van der Waals surface area contributed by atoms with Gasteiger partial charge < -0.3 is 14.0 Å². The second kappa shape index (κ2) is 7.64. The van der Waals surface area contributed by atoms with Gasteiger partial charge in [0.15, 0.2) is 11.9 Å². The second-order valence-electron chi connectivity index (χ2n) is 5.16. The van der Waals surface area contributed by atoms with Gasteiger partial charge >= 0.3 is 5.97 Å². The number of hydrogen-bond acceptors (Lipinski definition) is 7. The SMILES string of the molecule is CC(Oc1ccc(C#N)cc1)C(=O)OCc1cc(-c2cccs2)on1. The highest BCUT2D eigenvalue weighted by Crippen LogP contribution is 2.25. The van der Waals surface area contributed by atoms with Crippen LogP contribution in [0, 0.1) is 11.3 Å². The van der Waals surface area contributed by atoms with Gasteiger partial charge in [0.1, 0.15) is 18.1 Å². The first-order valence-electron chi connectivity index (χ1n) is 7.48. The Bertz CT molecular complexity index is 879. The van der Waals surface area contributed by atoms with Crippen LogP contribution in [0.5, 0.6) is 5.75 Å². The number of benzene rings is 1. The number of rotatable bonds is 6. The molecule has 2 heterocycles. The van der Waals surface area contributed by atoms with Crippen molar-refractivity contribution >= 4 is 17.3 Å². The largest absolute Gasteiger partial charge is 0.479 e. The molecule has 25 heavy (non-hydrogen) atoms. The molecule has 3 rings (SSSR count). The number of nitriles is 1. The van der Waals surface area contributed by atoms with Crippen molar-refractivity contribution in [1.29, 1.82) is 5.26 Å². The van der Waals surface area contributed by atoms with Crippen molar-refractivity contribution in [3.8, 4) is 22.5 Å². The number of thiophene rings is 1. The first kappa shape index (κ1) is 16.7. The van der Waals surface area contributed by atoms with Crippen molar-refractivity contribution in [2.45, 2.75) is 19.6 Å². The monoisotopic (exact) mass is 354 g/mol. The van der Waals surface area contributed by atoms with E-state index in [-0.39, 0.29) is 6.61 Å². The Kier molecular flexibility index (Phi) is 5.11. The van der Waals surface area contributed by atoms with E-state index in [1.165, 1.54) is 0 Å². The number of aromatic nitrogens is 1. The van der Waals surface area contributed by atoms with E-state index in [2.05, 4.69) is 5.16 Å². The summed E-state index contributed by atoms with van der Waals surface area (Å²) >= 11 is 1.54. The summed E-state index contributed by atoms with van der Waals surface area (Å²) in [7, 11) is 0. The Labute approximate surface area is 148 Å². The summed E-state index contributed by atoms with van der Waals surface area (Å²) in [6, 6.07) is 14.1. The number of hydrogen-bond donors (Lipinski definition) is 0. The molecule has 0 bridgehead atoms. The van der Waals surface area contributed by atoms with Crippen molar-refractivity contribution in [2.75, 3.05) is 0 Å². The molecule has 0 fully saturated rings. The van der Waals surface area contributed by atoms with E-state index in [4.69, 9.17) is 19.3 Å². The minimum atomic E-state index is -0.781. The van der Waals surface area contributed by atoms with Crippen LogP contribution >= 0.6 is 11.3 Å². The van der Waals surface area contributed by atoms with Gasteiger partial charge in [-0.1, -0.05) is 11.2 Å². The summed E-state index contributed by atoms with van der Waals surface area (Å²) in [4.78, 5) is 13.0. The van der Waals surface area contributed by atoms with Crippen molar-refractivity contribution in [3.05, 3.63) is 59.1 Å². The van der Waals surface area contributed by atoms with Gasteiger partial charge in [-0.15, -0.1) is 11.3 Å². The van der Waals surface area contributed by atoms with Crippen LogP contribution in [0.2, 0.25) is 0 Å². The Hall–Kier alpha value is -3.11. The van der Waals surface area contributed by atoms with Gasteiger partial charge in [0, 0.05) is 6.07 Å². The van der Waals surface area contributed by atoms with Gasteiger partial charge in [0.05, 0.1) is 16.5 Å². The molecule has 0 saturated carbocycles. The topological polar surface area (TPSA) is 85.3 Å². The standard InChI is InChI=1S/C18H14N2O4S/c1-12(23-15-6-4-13(10-19)5-7-15)18(21)22-11-14-9-16(24-20-14)17-3-2-8-25-17/h2-9,12H,11H2,1H3. The van der Waals surface area contributed by atoms with Crippen LogP contribution < -0.4 is 4.74 Å². The fourth-order valence-electron chi connectivity index (χ4n) is 2.04. The van der Waals surface area contributed by atoms with Gasteiger partial charge in [-0.25, -0.2) is 4.79 Å². The average Bonchev–Trinajstić information content (AvgIpc) is 3.31. The molecule has 6 nitrogen and oxygen atoms in total. The molecule has 1 aromatic carbocycles. The van der Waals surface area contributed by atoms with E-state index >= 15 is 0 Å². The van der Waals surface area contributed by atoms with E-state index in [9.17, 15) is 4.79 Å². The zero-order chi connectivity index (χ0) is 17.6. The summed E-state index contributed by atoms with van der Waals surface area (Å²) in [5, 5.41) is 14.6. The minimum absolute atomic E-state index is 0.00871. The van der Waals surface area contributed by atoms with E-state index in [0.29, 0.717) is 22.8 Å². The summed E-state index contributed by atoms with van der Waals surface area (Å²) in [5.41, 5.74) is 1.05. The number of esters is 1. The highest BCUT2D eigenvalue weighted by molar-refractivity contribution is 7.13. The lowest BCUT2D eigenvalue weighted by molar-refractivity contribution is -0.152. The zero-order valence-electron chi connectivity index (χ0n) is 13.3. The van der Waals surface area contributed by atoms with Gasteiger partial charge in [0.2, 0.25) is 0 Å². The summed E-state index contributed by atoms with van der Waals surface area (Å²) in [5.74, 6) is 0.623. The van der Waals surface area contributed by atoms with Crippen LogP contribution in [-0.4, -0.2) is 17.2 Å². The lowest BCUT2D eigenvalue weighted by Gasteiger charge is -2.13. The smallest absolute Gasteiger partial charge is 0.347 e. The summed E-state index contributed by atoms with van der Waals surface area (Å²) < 4.78 is 15.9. The molecule has 0 aliphatic carbocycles. The molecule has 0 N–H and O–H groups in total. The molecule has 3 aromatic rings. The maximum Gasteiger partial charge on any atom is 0.347 e. The highest BCUT2D eigenvalue weighted by Gasteiger charge is 2.17. The number of nitrogens with zero attached hydrogens (tertiary/aromatic N) is 2. The molecule has 126 valence electrons. The normalized spacial score (nSPS) is 11.5. The van der Waals surface area contributed by atoms with Crippen molar-refractivity contribution in [3.63, 3.8) is 0 Å². The third kappa shape index (κ3) is 4.25. The Morgan fingerprint density at radius 2 is 2.16 bits per heavy atom. The van der Waals surface area contributed by atoms with Crippen molar-refractivity contribution < 1.29 is 18.8 Å². The average molecular weight is 354 g/mol. The van der Waals surface area contributed by atoms with Crippen LogP contribution in [0.15, 0.2) is 52.4 Å². The lowest BCUT2D eigenvalue weighted by atomic mass is 10.2. The number of carbonyl (C=O) groups is 1. The van der Waals surface area contributed by atoms with Crippen LogP contribution in [-0.2, 0) is 16.1 Å². The van der Waals surface area contributed by atoms with Crippen LogP contribution in [0.1, 0.15) is 18.2 Å². The molecule has 0 amide bonds. The Balaban J connectivity index is 1.52. The predicted octanol–water partition coefficient (Wildman–Crippen LogP) is 3.79. The zero-order valence-corrected chi connectivity index (χ0v) is 14.2. The van der Waals surface area contributed by atoms with E-state index in [1.54, 1.807) is 48.6 Å². The molecule has 0 spiro atoms. The third-order valence-corrected chi connectivity index (χ3v) is 4.20. The highest BCUT2D eigenvalue weighted by atomic mass is 32.1. The van der Waals surface area contributed by atoms with Crippen molar-refractivity contribution in [1.82, 2.24) is 5.16 Å². The van der Waals surface area contributed by atoms with Gasteiger partial charge in [-0.05, 0) is 42.6 Å². The van der Waals surface area contributed by atoms with Gasteiger partial charge in [-0.2, -0.15) is 5.26 Å². The van der Waals surface area contributed by atoms with E-state index in [0.717, 1.165) is 4.88 Å². The number of ether oxygens (including phenoxy) is 2. The maximum absolute atomic E-state index is 12.0. The molecule has 7 heteroatoms. The quantitative estimate of drug-likeness (QED) is 0.626. The summed E-state index contributed by atoms with van der Waals surface area (Å²) in [6.45, 7) is 1.61. The molecule has 0 aliphatic heterocycles. The second-order valence-corrected chi connectivity index (χ2v) is 6.11. The van der Waals surface area contributed by atoms with Gasteiger partial charge in [0.25, 0.3) is 0 Å². The molecule has 0 aliphatic rings. The Morgan fingerprint density at radius 1 is 1.36 bits per heavy atom. The first-order valence-corrected chi connectivity index (χ1v) is 8.36. The maximum atomic E-state index is 12.0. The fraction of sp³-hybridized carbons (Fsp3) is 0.167. The molecule has 1 atom stereocenters. The van der Waals surface area contributed by atoms with Crippen molar-refractivity contribution in [2.24, 2.45) is 0 Å². The Morgan fingerprint density at radius 3 is 2.84 bits per heavy atom. The molecule has 0 saturated heterocycles. The van der Waals surface area contributed by atoms with Crippen LogP contribution in [0.25, 0.3) is 10.6 Å². The van der Waals surface area contributed by atoms with Crippen LogP contribution in [0.3, 0.4) is 0 Å². The molecular formula is C18H14N2O4S. The van der Waals surface area contributed by atoms with Crippen LogP contribution in [0.4, 0.5) is 0 Å². The fourth-order valence-corrected chi connectivity index (χ4v) is 2.71. The minimum Gasteiger partial charge on any atom is -0.479 e. The third-order valence-electron chi connectivity index (χ3n) is 3.31. The predicted molar refractivity (Wildman–Crippen MR) is 90.9 cm³/mol. The lowest BCUT2D eigenvalue weighted by Crippen LogP contribution is -2.26. The molecule has 0 radical (unpaired) electrons. The first-order chi connectivity index (χ1) is 12.2. The van der Waals surface area contributed by atoms with Gasteiger partial charge in [-0.3, -0.25) is 0 Å². The number of carbonyl (C=O) groups excluding carboxylic acids is 1.